The summed E-state index contributed by atoms with van der Waals surface area (Å²) >= 11 is 0. The molecular formula is C15H19N3O2. The van der Waals surface area contributed by atoms with Gasteiger partial charge in [-0.05, 0) is 26.3 Å². The molecule has 1 heterocycles. The third-order valence-corrected chi connectivity index (χ3v) is 3.21. The van der Waals surface area contributed by atoms with Crippen LogP contribution in [0.1, 0.15) is 23.7 Å². The minimum Gasteiger partial charge on any atom is -0.364 e. The fourth-order valence-corrected chi connectivity index (χ4v) is 1.70. The molecule has 0 aliphatic carbocycles. The van der Waals surface area contributed by atoms with Gasteiger partial charge in [-0.25, -0.2) is 0 Å². The number of rotatable bonds is 5. The molecule has 0 saturated heterocycles. The average molecular weight is 273 g/mol. The largest absolute Gasteiger partial charge is 0.364 e. The normalized spacial score (nSPS) is 12.2. The van der Waals surface area contributed by atoms with E-state index in [4.69, 9.17) is 4.74 Å². The maximum atomic E-state index is 12.0. The van der Waals surface area contributed by atoms with Crippen molar-refractivity contribution in [2.75, 3.05) is 5.32 Å². The summed E-state index contributed by atoms with van der Waals surface area (Å²) in [5, 5.41) is 9.64. The van der Waals surface area contributed by atoms with Gasteiger partial charge in [-0.1, -0.05) is 30.3 Å². The van der Waals surface area contributed by atoms with Gasteiger partial charge < -0.3 is 10.1 Å². The third kappa shape index (κ3) is 3.45. The van der Waals surface area contributed by atoms with Crippen LogP contribution >= 0.6 is 0 Å². The monoisotopic (exact) mass is 273 g/mol. The second-order valence-electron chi connectivity index (χ2n) is 4.75. The highest BCUT2D eigenvalue weighted by atomic mass is 16.5. The summed E-state index contributed by atoms with van der Waals surface area (Å²) in [4.78, 5) is 12.0. The number of carbonyl (C=O) groups is 1. The van der Waals surface area contributed by atoms with Gasteiger partial charge in [-0.15, -0.1) is 0 Å². The van der Waals surface area contributed by atoms with Crippen LogP contribution in [0, 0.1) is 13.8 Å². The molecule has 20 heavy (non-hydrogen) atoms. The van der Waals surface area contributed by atoms with Crippen LogP contribution in [0.2, 0.25) is 0 Å². The van der Waals surface area contributed by atoms with Crippen molar-refractivity contribution in [1.29, 1.82) is 0 Å². The number of nitrogens with zero attached hydrogens (tertiary/aromatic N) is 1. The van der Waals surface area contributed by atoms with E-state index in [0.29, 0.717) is 12.4 Å². The molecule has 1 unspecified atom stereocenters. The number of anilines is 1. The number of aryl methyl sites for hydroxylation is 1. The van der Waals surface area contributed by atoms with Crippen molar-refractivity contribution in [3.05, 3.63) is 47.2 Å². The number of H-pyrrole nitrogens is 1. The molecule has 2 rings (SSSR count). The van der Waals surface area contributed by atoms with Crippen LogP contribution in [-0.4, -0.2) is 22.2 Å². The van der Waals surface area contributed by atoms with Gasteiger partial charge in [0, 0.05) is 11.3 Å². The standard InChI is InChI=1S/C15H19N3O2/c1-10-11(2)17-18-14(10)16-15(19)12(3)20-9-13-7-5-4-6-8-13/h4-8,12H,9H2,1-3H3,(H2,16,17,18,19). The summed E-state index contributed by atoms with van der Waals surface area (Å²) < 4.78 is 5.56. The Kier molecular flexibility index (Phi) is 4.53. The molecule has 5 nitrogen and oxygen atoms in total. The molecule has 1 aromatic carbocycles. The van der Waals surface area contributed by atoms with E-state index in [9.17, 15) is 4.79 Å². The SMILES string of the molecule is Cc1[nH]nc(NC(=O)C(C)OCc2ccccc2)c1C. The fraction of sp³-hybridized carbons (Fsp3) is 0.333. The van der Waals surface area contributed by atoms with Crippen LogP contribution in [0.5, 0.6) is 0 Å². The zero-order valence-electron chi connectivity index (χ0n) is 11.9. The van der Waals surface area contributed by atoms with Crippen molar-refractivity contribution in [1.82, 2.24) is 10.2 Å². The van der Waals surface area contributed by atoms with Crippen molar-refractivity contribution >= 4 is 11.7 Å². The number of benzene rings is 1. The number of nitrogens with one attached hydrogen (secondary N) is 2. The zero-order chi connectivity index (χ0) is 14.5. The van der Waals surface area contributed by atoms with E-state index in [0.717, 1.165) is 16.8 Å². The molecule has 0 aliphatic heterocycles. The van der Waals surface area contributed by atoms with E-state index in [1.165, 1.54) is 0 Å². The second kappa shape index (κ2) is 6.34. The molecule has 0 aliphatic rings. The van der Waals surface area contributed by atoms with Gasteiger partial charge in [0.2, 0.25) is 0 Å². The van der Waals surface area contributed by atoms with Gasteiger partial charge in [-0.2, -0.15) is 5.10 Å². The summed E-state index contributed by atoms with van der Waals surface area (Å²) in [6.45, 7) is 5.96. The summed E-state index contributed by atoms with van der Waals surface area (Å²) in [6.07, 6.45) is -0.536. The lowest BCUT2D eigenvalue weighted by atomic mass is 10.2. The van der Waals surface area contributed by atoms with Crippen molar-refractivity contribution in [2.45, 2.75) is 33.5 Å². The van der Waals surface area contributed by atoms with Crippen LogP contribution in [-0.2, 0) is 16.1 Å². The van der Waals surface area contributed by atoms with Gasteiger partial charge in [0.15, 0.2) is 5.82 Å². The van der Waals surface area contributed by atoms with Crippen LogP contribution in [0.15, 0.2) is 30.3 Å². The highest BCUT2D eigenvalue weighted by Gasteiger charge is 2.16. The summed E-state index contributed by atoms with van der Waals surface area (Å²) in [6, 6.07) is 9.76. The molecule has 0 fully saturated rings. The van der Waals surface area contributed by atoms with Crippen molar-refractivity contribution in [3.63, 3.8) is 0 Å². The molecule has 0 spiro atoms. The Morgan fingerprint density at radius 1 is 1.35 bits per heavy atom. The van der Waals surface area contributed by atoms with Crippen LogP contribution in [0.25, 0.3) is 0 Å². The Morgan fingerprint density at radius 2 is 2.05 bits per heavy atom. The third-order valence-electron chi connectivity index (χ3n) is 3.21. The quantitative estimate of drug-likeness (QED) is 0.879. The minimum absolute atomic E-state index is 0.199. The van der Waals surface area contributed by atoms with Crippen LogP contribution in [0.3, 0.4) is 0 Å². The lowest BCUT2D eigenvalue weighted by Crippen LogP contribution is -2.28. The van der Waals surface area contributed by atoms with Gasteiger partial charge in [0.05, 0.1) is 6.61 Å². The van der Waals surface area contributed by atoms with Gasteiger partial charge in [-0.3, -0.25) is 9.89 Å². The average Bonchev–Trinajstić information content (AvgIpc) is 2.78. The molecule has 0 radical (unpaired) electrons. The molecule has 2 aromatic rings. The summed E-state index contributed by atoms with van der Waals surface area (Å²) in [5.41, 5.74) is 2.92. The predicted molar refractivity (Wildman–Crippen MR) is 77.4 cm³/mol. The van der Waals surface area contributed by atoms with E-state index in [2.05, 4.69) is 15.5 Å². The molecule has 1 aromatic heterocycles. The number of hydrogen-bond donors (Lipinski definition) is 2. The summed E-state index contributed by atoms with van der Waals surface area (Å²) in [7, 11) is 0. The van der Waals surface area contributed by atoms with Crippen molar-refractivity contribution in [3.8, 4) is 0 Å². The van der Waals surface area contributed by atoms with Gasteiger partial charge >= 0.3 is 0 Å². The fourth-order valence-electron chi connectivity index (χ4n) is 1.70. The van der Waals surface area contributed by atoms with E-state index in [1.54, 1.807) is 6.92 Å². The van der Waals surface area contributed by atoms with E-state index in [-0.39, 0.29) is 5.91 Å². The molecular weight excluding hydrogens is 254 g/mol. The number of hydrogen-bond acceptors (Lipinski definition) is 3. The smallest absolute Gasteiger partial charge is 0.254 e. The topological polar surface area (TPSA) is 67.0 Å². The Bertz CT molecular complexity index is 578. The van der Waals surface area contributed by atoms with E-state index < -0.39 is 6.10 Å². The molecule has 5 heteroatoms. The predicted octanol–water partition coefficient (Wildman–Crippen LogP) is 2.57. The molecule has 1 atom stereocenters. The Labute approximate surface area is 118 Å². The van der Waals surface area contributed by atoms with Gasteiger partial charge in [0.25, 0.3) is 5.91 Å². The maximum absolute atomic E-state index is 12.0. The molecule has 106 valence electrons. The van der Waals surface area contributed by atoms with Crippen molar-refractivity contribution < 1.29 is 9.53 Å². The van der Waals surface area contributed by atoms with E-state index >= 15 is 0 Å². The first kappa shape index (κ1) is 14.3. The van der Waals surface area contributed by atoms with E-state index in [1.807, 2.05) is 44.2 Å². The van der Waals surface area contributed by atoms with Gasteiger partial charge in [0.1, 0.15) is 6.10 Å². The lowest BCUT2D eigenvalue weighted by molar-refractivity contribution is -0.127. The van der Waals surface area contributed by atoms with Crippen LogP contribution < -0.4 is 5.32 Å². The number of amides is 1. The Balaban J connectivity index is 1.88. The zero-order valence-corrected chi connectivity index (χ0v) is 11.9. The second-order valence-corrected chi connectivity index (χ2v) is 4.75. The first-order chi connectivity index (χ1) is 9.58. The number of carbonyl (C=O) groups excluding carboxylic acids is 1. The van der Waals surface area contributed by atoms with Crippen LogP contribution in [0.4, 0.5) is 5.82 Å². The molecule has 1 amide bonds. The number of ether oxygens (including phenoxy) is 1. The Morgan fingerprint density at radius 3 is 2.65 bits per heavy atom. The first-order valence-corrected chi connectivity index (χ1v) is 6.56. The number of aromatic nitrogens is 2. The minimum atomic E-state index is -0.536. The molecule has 0 bridgehead atoms. The Hall–Kier alpha value is -2.14. The molecule has 2 N–H and O–H groups in total. The van der Waals surface area contributed by atoms with Crippen molar-refractivity contribution in [2.24, 2.45) is 0 Å². The molecule has 0 saturated carbocycles. The first-order valence-electron chi connectivity index (χ1n) is 6.56. The highest BCUT2D eigenvalue weighted by molar-refractivity contribution is 5.93. The lowest BCUT2D eigenvalue weighted by Gasteiger charge is -2.12. The highest BCUT2D eigenvalue weighted by Crippen LogP contribution is 2.14. The number of aromatic amines is 1. The summed E-state index contributed by atoms with van der Waals surface area (Å²) in [5.74, 6) is 0.359. The maximum Gasteiger partial charge on any atom is 0.254 e.